The third kappa shape index (κ3) is 2.25. The van der Waals surface area contributed by atoms with Crippen molar-refractivity contribution >= 4 is 0 Å². The highest BCUT2D eigenvalue weighted by atomic mass is 16.7. The van der Waals surface area contributed by atoms with Gasteiger partial charge in [-0.05, 0) is 19.3 Å². The highest BCUT2D eigenvalue weighted by molar-refractivity contribution is 4.54. The smallest absolute Gasteiger partial charge is 0.233 e. The van der Waals surface area contributed by atoms with E-state index in [1.54, 1.807) is 5.01 Å². The maximum absolute atomic E-state index is 10.9. The highest BCUT2D eigenvalue weighted by Crippen LogP contribution is 2.08. The van der Waals surface area contributed by atoms with Gasteiger partial charge in [0.05, 0.1) is 18.1 Å². The molecule has 5 heteroatoms. The number of hydrazine groups is 1. The summed E-state index contributed by atoms with van der Waals surface area (Å²) in [7, 11) is 2.99. The lowest BCUT2D eigenvalue weighted by Crippen LogP contribution is -2.35. The van der Waals surface area contributed by atoms with E-state index in [1.165, 1.54) is 6.42 Å². The van der Waals surface area contributed by atoms with E-state index in [-0.39, 0.29) is 0 Å². The van der Waals surface area contributed by atoms with Crippen molar-refractivity contribution in [2.24, 2.45) is 5.28 Å². The molecule has 1 rings (SSSR count). The molecular formula is C6H12N3O2. The molecule has 63 valence electrons. The molecule has 1 fully saturated rings. The van der Waals surface area contributed by atoms with Gasteiger partial charge in [0, 0.05) is 0 Å². The van der Waals surface area contributed by atoms with E-state index in [0.717, 1.165) is 25.9 Å². The summed E-state index contributed by atoms with van der Waals surface area (Å²) in [4.78, 5) is 4.57. The van der Waals surface area contributed by atoms with Gasteiger partial charge in [-0.15, -0.1) is 5.01 Å². The molecule has 0 amide bonds. The van der Waals surface area contributed by atoms with Crippen molar-refractivity contribution in [3.63, 3.8) is 0 Å². The summed E-state index contributed by atoms with van der Waals surface area (Å²) in [5.74, 6) is 0. The van der Waals surface area contributed by atoms with Crippen LogP contribution in [-0.4, -0.2) is 23.1 Å². The normalized spacial score (nSPS) is 20.1. The molecule has 0 saturated carbocycles. The first-order chi connectivity index (χ1) is 5.34. The lowest BCUT2D eigenvalue weighted by molar-refractivity contribution is -0.711. The fraction of sp³-hybridized carbons (Fsp3) is 0.833. The van der Waals surface area contributed by atoms with Crippen molar-refractivity contribution < 1.29 is 9.81 Å². The van der Waals surface area contributed by atoms with Crippen LogP contribution in [0.5, 0.6) is 0 Å². The van der Waals surface area contributed by atoms with Crippen LogP contribution in [0.4, 0.5) is 0 Å². The van der Waals surface area contributed by atoms with Crippen LogP contribution < -0.4 is 0 Å². The molecule has 1 heterocycles. The molecule has 11 heavy (non-hydrogen) atoms. The van der Waals surface area contributed by atoms with Crippen LogP contribution in [0.25, 0.3) is 0 Å². The molecule has 0 unspecified atom stereocenters. The maximum Gasteiger partial charge on any atom is 0.233 e. The summed E-state index contributed by atoms with van der Waals surface area (Å²) >= 11 is 0. The van der Waals surface area contributed by atoms with Gasteiger partial charge in [-0.3, -0.25) is 0 Å². The van der Waals surface area contributed by atoms with Gasteiger partial charge in [0.1, 0.15) is 0 Å². The van der Waals surface area contributed by atoms with Gasteiger partial charge < -0.3 is 10.0 Å². The van der Waals surface area contributed by atoms with Crippen molar-refractivity contribution in [1.82, 2.24) is 5.01 Å². The van der Waals surface area contributed by atoms with Crippen molar-refractivity contribution in [3.8, 4) is 0 Å². The minimum Gasteiger partial charge on any atom is -0.569 e. The molecule has 1 aliphatic heterocycles. The second kappa shape index (κ2) is 4.00. The Balaban J connectivity index is 2.38. The molecule has 5 nitrogen and oxygen atoms in total. The second-order valence-electron chi connectivity index (χ2n) is 2.48. The van der Waals surface area contributed by atoms with Crippen LogP contribution >= 0.6 is 0 Å². The van der Waals surface area contributed by atoms with E-state index in [2.05, 4.69) is 17.2 Å². The first kappa shape index (κ1) is 8.10. The topological polar surface area (TPSA) is 50.9 Å². The number of hydrogen-bond donors (Lipinski definition) is 0. The summed E-state index contributed by atoms with van der Waals surface area (Å²) in [6.07, 6.45) is 3.28. The molecule has 0 spiro atoms. The van der Waals surface area contributed by atoms with Gasteiger partial charge in [-0.1, -0.05) is 0 Å². The number of rotatable bonds is 2. The van der Waals surface area contributed by atoms with Gasteiger partial charge in [0.25, 0.3) is 0 Å². The summed E-state index contributed by atoms with van der Waals surface area (Å²) in [5.41, 5.74) is 0. The molecule has 0 aromatic heterocycles. The zero-order valence-corrected chi connectivity index (χ0v) is 6.40. The third-order valence-electron chi connectivity index (χ3n) is 1.70. The predicted molar refractivity (Wildman–Crippen MR) is 37.9 cm³/mol. The molecule has 1 radical (unpaired) electrons. The largest absolute Gasteiger partial charge is 0.569 e. The Kier molecular flexibility index (Phi) is 2.95. The monoisotopic (exact) mass is 158 g/mol. The Hall–Kier alpha value is -1.00. The zero-order chi connectivity index (χ0) is 8.10. The molecule has 0 aromatic carbocycles. The average molecular weight is 158 g/mol. The zero-order valence-electron chi connectivity index (χ0n) is 6.40. The van der Waals surface area contributed by atoms with Crippen LogP contribution in [0.2, 0.25) is 0 Å². The Labute approximate surface area is 65.8 Å². The minimum atomic E-state index is 0.464. The maximum atomic E-state index is 10.9. The molecule has 0 aromatic rings. The SMILES string of the molecule is [CH2]O/N=[N+](/[O-])N1CCCCC1. The van der Waals surface area contributed by atoms with Crippen LogP contribution in [0.1, 0.15) is 19.3 Å². The van der Waals surface area contributed by atoms with E-state index >= 15 is 0 Å². The van der Waals surface area contributed by atoms with Gasteiger partial charge in [0.2, 0.25) is 5.28 Å². The number of hydrogen-bond acceptors (Lipinski definition) is 3. The van der Waals surface area contributed by atoms with Crippen molar-refractivity contribution in [2.45, 2.75) is 19.3 Å². The summed E-state index contributed by atoms with van der Waals surface area (Å²) in [6, 6.07) is 0. The summed E-state index contributed by atoms with van der Waals surface area (Å²) < 4.78 is 0. The Morgan fingerprint density at radius 1 is 1.36 bits per heavy atom. The molecule has 0 atom stereocenters. The lowest BCUT2D eigenvalue weighted by atomic mass is 10.2. The second-order valence-corrected chi connectivity index (χ2v) is 2.48. The molecule has 0 aliphatic carbocycles. The minimum absolute atomic E-state index is 0.464. The van der Waals surface area contributed by atoms with Gasteiger partial charge in [-0.2, -0.15) is 0 Å². The molecule has 1 saturated heterocycles. The van der Waals surface area contributed by atoms with Crippen LogP contribution in [0.15, 0.2) is 5.28 Å². The fourth-order valence-corrected chi connectivity index (χ4v) is 1.15. The van der Waals surface area contributed by atoms with E-state index in [9.17, 15) is 5.21 Å². The van der Waals surface area contributed by atoms with E-state index < -0.39 is 0 Å². The Bertz CT molecular complexity index is 143. The van der Waals surface area contributed by atoms with Crippen molar-refractivity contribution in [3.05, 3.63) is 12.3 Å². The third-order valence-corrected chi connectivity index (χ3v) is 1.70. The van der Waals surface area contributed by atoms with Gasteiger partial charge >= 0.3 is 0 Å². The van der Waals surface area contributed by atoms with Crippen LogP contribution in [0.3, 0.4) is 0 Å². The molecule has 0 bridgehead atoms. The number of nitrogens with zero attached hydrogens (tertiary/aromatic N) is 3. The first-order valence-electron chi connectivity index (χ1n) is 3.69. The van der Waals surface area contributed by atoms with E-state index in [0.29, 0.717) is 4.97 Å². The first-order valence-corrected chi connectivity index (χ1v) is 3.69. The quantitative estimate of drug-likeness (QED) is 0.343. The Morgan fingerprint density at radius 2 is 2.00 bits per heavy atom. The standard InChI is InChI=1S/C6H12N3O2/c1-11-7-9(10)8-5-3-2-4-6-8/h1-6H2/b9-7+. The number of piperidine rings is 1. The molecule has 1 aliphatic rings. The molecule has 0 N–H and O–H groups in total. The van der Waals surface area contributed by atoms with Crippen LogP contribution in [-0.2, 0) is 4.84 Å². The Morgan fingerprint density at radius 3 is 2.55 bits per heavy atom. The molecular weight excluding hydrogens is 146 g/mol. The van der Waals surface area contributed by atoms with Crippen molar-refractivity contribution in [1.29, 1.82) is 0 Å². The fourth-order valence-electron chi connectivity index (χ4n) is 1.15. The predicted octanol–water partition coefficient (Wildman–Crippen LogP) is 1.07. The van der Waals surface area contributed by atoms with E-state index in [4.69, 9.17) is 0 Å². The summed E-state index contributed by atoms with van der Waals surface area (Å²) in [5, 5.41) is 15.6. The van der Waals surface area contributed by atoms with E-state index in [1.807, 2.05) is 0 Å². The lowest BCUT2D eigenvalue weighted by Gasteiger charge is -2.21. The summed E-state index contributed by atoms with van der Waals surface area (Å²) in [6.45, 7) is 1.52. The van der Waals surface area contributed by atoms with Crippen LogP contribution in [0, 0.1) is 12.3 Å². The highest BCUT2D eigenvalue weighted by Gasteiger charge is 2.16. The van der Waals surface area contributed by atoms with Crippen molar-refractivity contribution in [2.75, 3.05) is 13.1 Å². The van der Waals surface area contributed by atoms with Gasteiger partial charge in [-0.25, -0.2) is 0 Å². The van der Waals surface area contributed by atoms with Gasteiger partial charge in [0.15, 0.2) is 7.11 Å². The average Bonchev–Trinajstić information content (AvgIpc) is 2.07.